The summed E-state index contributed by atoms with van der Waals surface area (Å²) in [6, 6.07) is 0. The molecular formula is C11H17N3O2. The number of aromatic carboxylic acids is 1. The normalized spacial score (nSPS) is 16.8. The van der Waals surface area contributed by atoms with Crippen molar-refractivity contribution in [3.05, 3.63) is 17.5 Å². The number of rotatable bonds is 4. The lowest BCUT2D eigenvalue weighted by molar-refractivity contribution is 0.0695. The second-order valence-corrected chi connectivity index (χ2v) is 4.23. The number of hydrogen-bond acceptors (Lipinski definition) is 3. The first-order valence-electron chi connectivity index (χ1n) is 5.65. The second-order valence-electron chi connectivity index (χ2n) is 4.23. The molecule has 0 bridgehead atoms. The predicted molar refractivity (Wildman–Crippen MR) is 59.5 cm³/mol. The van der Waals surface area contributed by atoms with Crippen molar-refractivity contribution < 1.29 is 9.90 Å². The standard InChI is InChI=1S/C11H17N3O2/c1-13-10(9(8-12-13)11(15)16)4-7-14-5-2-3-6-14/h8H,2-7H2,1H3,(H,15,16). The van der Waals surface area contributed by atoms with E-state index in [0.717, 1.165) is 31.7 Å². The molecule has 1 fully saturated rings. The average Bonchev–Trinajstić information content (AvgIpc) is 2.84. The molecule has 2 rings (SSSR count). The van der Waals surface area contributed by atoms with Gasteiger partial charge in [-0.2, -0.15) is 5.10 Å². The Morgan fingerprint density at radius 2 is 2.19 bits per heavy atom. The minimum absolute atomic E-state index is 0.335. The number of aryl methyl sites for hydroxylation is 1. The van der Waals surface area contributed by atoms with Crippen LogP contribution in [-0.4, -0.2) is 45.4 Å². The maximum atomic E-state index is 11.0. The van der Waals surface area contributed by atoms with E-state index in [0.29, 0.717) is 5.56 Å². The van der Waals surface area contributed by atoms with E-state index in [4.69, 9.17) is 5.11 Å². The predicted octanol–water partition coefficient (Wildman–Crippen LogP) is 0.757. The number of carboxylic acids is 1. The summed E-state index contributed by atoms with van der Waals surface area (Å²) in [5, 5.41) is 13.0. The Balaban J connectivity index is 2.02. The van der Waals surface area contributed by atoms with Crippen LogP contribution in [0.1, 0.15) is 28.9 Å². The van der Waals surface area contributed by atoms with Crippen molar-refractivity contribution in [2.45, 2.75) is 19.3 Å². The monoisotopic (exact) mass is 223 g/mol. The molecule has 1 saturated heterocycles. The van der Waals surface area contributed by atoms with Gasteiger partial charge in [0.1, 0.15) is 5.56 Å². The molecular weight excluding hydrogens is 206 g/mol. The van der Waals surface area contributed by atoms with Gasteiger partial charge in [-0.25, -0.2) is 4.79 Å². The zero-order valence-electron chi connectivity index (χ0n) is 9.52. The van der Waals surface area contributed by atoms with Crippen molar-refractivity contribution in [1.29, 1.82) is 0 Å². The zero-order chi connectivity index (χ0) is 11.5. The lowest BCUT2D eigenvalue weighted by Gasteiger charge is -2.14. The molecule has 0 unspecified atom stereocenters. The quantitative estimate of drug-likeness (QED) is 0.818. The van der Waals surface area contributed by atoms with Gasteiger partial charge in [-0.05, 0) is 25.9 Å². The summed E-state index contributed by atoms with van der Waals surface area (Å²) in [7, 11) is 1.80. The van der Waals surface area contributed by atoms with E-state index in [1.165, 1.54) is 19.0 Å². The van der Waals surface area contributed by atoms with Crippen LogP contribution in [-0.2, 0) is 13.5 Å². The molecule has 0 aromatic carbocycles. The van der Waals surface area contributed by atoms with Crippen molar-refractivity contribution in [3.63, 3.8) is 0 Å². The molecule has 5 heteroatoms. The molecule has 1 aliphatic heterocycles. The number of carbonyl (C=O) groups is 1. The van der Waals surface area contributed by atoms with E-state index in [2.05, 4.69) is 10.00 Å². The first-order chi connectivity index (χ1) is 7.68. The van der Waals surface area contributed by atoms with Gasteiger partial charge in [0.05, 0.1) is 11.9 Å². The van der Waals surface area contributed by atoms with Crippen molar-refractivity contribution >= 4 is 5.97 Å². The van der Waals surface area contributed by atoms with Crippen LogP contribution in [0.2, 0.25) is 0 Å². The summed E-state index contributed by atoms with van der Waals surface area (Å²) < 4.78 is 1.67. The molecule has 0 atom stereocenters. The summed E-state index contributed by atoms with van der Waals surface area (Å²) in [5.74, 6) is -0.885. The van der Waals surface area contributed by atoms with Gasteiger partial charge in [-0.1, -0.05) is 0 Å². The van der Waals surface area contributed by atoms with E-state index in [-0.39, 0.29) is 0 Å². The van der Waals surface area contributed by atoms with Crippen LogP contribution in [0.3, 0.4) is 0 Å². The molecule has 16 heavy (non-hydrogen) atoms. The molecule has 1 aromatic rings. The molecule has 0 radical (unpaired) electrons. The molecule has 1 aromatic heterocycles. The molecule has 5 nitrogen and oxygen atoms in total. The van der Waals surface area contributed by atoms with Gasteiger partial charge in [-0.15, -0.1) is 0 Å². The van der Waals surface area contributed by atoms with Gasteiger partial charge in [0, 0.05) is 20.0 Å². The minimum atomic E-state index is -0.885. The van der Waals surface area contributed by atoms with E-state index in [1.807, 2.05) is 0 Å². The van der Waals surface area contributed by atoms with Gasteiger partial charge < -0.3 is 10.0 Å². The number of aromatic nitrogens is 2. The van der Waals surface area contributed by atoms with Crippen LogP contribution in [0, 0.1) is 0 Å². The summed E-state index contributed by atoms with van der Waals surface area (Å²) >= 11 is 0. The fourth-order valence-corrected chi connectivity index (χ4v) is 2.21. The molecule has 0 spiro atoms. The van der Waals surface area contributed by atoms with Crippen LogP contribution in [0.4, 0.5) is 0 Å². The van der Waals surface area contributed by atoms with Gasteiger partial charge in [0.15, 0.2) is 0 Å². The molecule has 2 heterocycles. The van der Waals surface area contributed by atoms with Crippen molar-refractivity contribution in [1.82, 2.24) is 14.7 Å². The fourth-order valence-electron chi connectivity index (χ4n) is 2.21. The van der Waals surface area contributed by atoms with Gasteiger partial charge in [0.2, 0.25) is 0 Å². The fraction of sp³-hybridized carbons (Fsp3) is 0.636. The van der Waals surface area contributed by atoms with Crippen LogP contribution < -0.4 is 0 Å². The molecule has 0 amide bonds. The van der Waals surface area contributed by atoms with E-state index < -0.39 is 5.97 Å². The molecule has 1 N–H and O–H groups in total. The van der Waals surface area contributed by atoms with E-state index in [1.54, 1.807) is 11.7 Å². The SMILES string of the molecule is Cn1ncc(C(=O)O)c1CCN1CCCC1. The molecule has 88 valence electrons. The van der Waals surface area contributed by atoms with Gasteiger partial charge in [-0.3, -0.25) is 4.68 Å². The lowest BCUT2D eigenvalue weighted by Crippen LogP contribution is -2.23. The van der Waals surface area contributed by atoms with E-state index in [9.17, 15) is 4.79 Å². The first-order valence-corrected chi connectivity index (χ1v) is 5.65. The lowest BCUT2D eigenvalue weighted by atomic mass is 10.2. The number of hydrogen-bond donors (Lipinski definition) is 1. The highest BCUT2D eigenvalue weighted by molar-refractivity contribution is 5.88. The average molecular weight is 223 g/mol. The number of carboxylic acid groups (broad SMARTS) is 1. The Morgan fingerprint density at radius 3 is 2.81 bits per heavy atom. The maximum absolute atomic E-state index is 11.0. The molecule has 1 aliphatic rings. The Morgan fingerprint density at radius 1 is 1.50 bits per heavy atom. The van der Waals surface area contributed by atoms with Crippen LogP contribution >= 0.6 is 0 Å². The number of likely N-dealkylation sites (tertiary alicyclic amines) is 1. The highest BCUT2D eigenvalue weighted by atomic mass is 16.4. The van der Waals surface area contributed by atoms with Crippen LogP contribution in [0.15, 0.2) is 6.20 Å². The van der Waals surface area contributed by atoms with Crippen molar-refractivity contribution in [3.8, 4) is 0 Å². The summed E-state index contributed by atoms with van der Waals surface area (Å²) in [5.41, 5.74) is 1.15. The topological polar surface area (TPSA) is 58.4 Å². The number of nitrogens with zero attached hydrogens (tertiary/aromatic N) is 3. The highest BCUT2D eigenvalue weighted by Gasteiger charge is 2.17. The zero-order valence-corrected chi connectivity index (χ0v) is 9.52. The third-order valence-electron chi connectivity index (χ3n) is 3.16. The Hall–Kier alpha value is -1.36. The Labute approximate surface area is 94.7 Å². The smallest absolute Gasteiger partial charge is 0.339 e. The van der Waals surface area contributed by atoms with Crippen LogP contribution in [0.5, 0.6) is 0 Å². The van der Waals surface area contributed by atoms with Crippen molar-refractivity contribution in [2.75, 3.05) is 19.6 Å². The van der Waals surface area contributed by atoms with Gasteiger partial charge in [0.25, 0.3) is 0 Å². The Bertz CT molecular complexity index is 381. The minimum Gasteiger partial charge on any atom is -0.478 e. The molecule has 0 aliphatic carbocycles. The summed E-state index contributed by atoms with van der Waals surface area (Å²) in [4.78, 5) is 13.3. The van der Waals surface area contributed by atoms with Crippen LogP contribution in [0.25, 0.3) is 0 Å². The first kappa shape index (κ1) is 11.1. The van der Waals surface area contributed by atoms with Gasteiger partial charge >= 0.3 is 5.97 Å². The second kappa shape index (κ2) is 4.65. The Kier molecular flexibility index (Phi) is 3.24. The third kappa shape index (κ3) is 2.24. The van der Waals surface area contributed by atoms with E-state index >= 15 is 0 Å². The summed E-state index contributed by atoms with van der Waals surface area (Å²) in [6.07, 6.45) is 4.72. The molecule has 0 saturated carbocycles. The largest absolute Gasteiger partial charge is 0.478 e. The van der Waals surface area contributed by atoms with Crippen molar-refractivity contribution in [2.24, 2.45) is 7.05 Å². The maximum Gasteiger partial charge on any atom is 0.339 e. The highest BCUT2D eigenvalue weighted by Crippen LogP contribution is 2.12. The summed E-state index contributed by atoms with van der Waals surface area (Å²) in [6.45, 7) is 3.21. The third-order valence-corrected chi connectivity index (χ3v) is 3.16.